The molecule has 0 aliphatic carbocycles. The molecule has 0 bridgehead atoms. The zero-order valence-corrected chi connectivity index (χ0v) is 13.7. The van der Waals surface area contributed by atoms with Crippen molar-refractivity contribution in [3.63, 3.8) is 0 Å². The maximum Gasteiger partial charge on any atom is 0.256 e. The fraction of sp³-hybridized carbons (Fsp3) is 0.529. The standard InChI is InChI=1S/C17H24FN3O2/c1-12(22)20-14-3-4-16(18)15(11-14)17(23)21-9-6-13(7-10-21)5-8-19-2/h3-4,11,13,19H,5-10H2,1-2H3,(H,20,22). The third-order valence-electron chi connectivity index (χ3n) is 4.22. The fourth-order valence-corrected chi connectivity index (χ4v) is 2.91. The molecule has 23 heavy (non-hydrogen) atoms. The molecule has 2 rings (SSSR count). The smallest absolute Gasteiger partial charge is 0.256 e. The summed E-state index contributed by atoms with van der Waals surface area (Å²) in [6, 6.07) is 4.09. The van der Waals surface area contributed by atoms with Crippen molar-refractivity contribution < 1.29 is 14.0 Å². The minimum atomic E-state index is -0.554. The van der Waals surface area contributed by atoms with Crippen molar-refractivity contribution in [1.29, 1.82) is 0 Å². The molecule has 1 fully saturated rings. The van der Waals surface area contributed by atoms with Gasteiger partial charge in [0, 0.05) is 25.7 Å². The molecular weight excluding hydrogens is 297 g/mol. The molecule has 6 heteroatoms. The number of carbonyl (C=O) groups is 2. The average Bonchev–Trinajstić information content (AvgIpc) is 2.54. The van der Waals surface area contributed by atoms with Crippen LogP contribution in [0.25, 0.3) is 0 Å². The second kappa shape index (κ2) is 8.06. The Labute approximate surface area is 136 Å². The van der Waals surface area contributed by atoms with Crippen molar-refractivity contribution in [2.24, 2.45) is 5.92 Å². The second-order valence-electron chi connectivity index (χ2n) is 6.00. The van der Waals surface area contributed by atoms with Crippen LogP contribution in [0.2, 0.25) is 0 Å². The van der Waals surface area contributed by atoms with Crippen molar-refractivity contribution in [3.05, 3.63) is 29.6 Å². The third kappa shape index (κ3) is 4.76. The Morgan fingerprint density at radius 3 is 2.61 bits per heavy atom. The monoisotopic (exact) mass is 321 g/mol. The summed E-state index contributed by atoms with van der Waals surface area (Å²) >= 11 is 0. The van der Waals surface area contributed by atoms with E-state index in [1.54, 1.807) is 4.90 Å². The van der Waals surface area contributed by atoms with Gasteiger partial charge in [-0.3, -0.25) is 9.59 Å². The van der Waals surface area contributed by atoms with Crippen molar-refractivity contribution in [3.8, 4) is 0 Å². The molecule has 0 aromatic heterocycles. The summed E-state index contributed by atoms with van der Waals surface area (Å²) < 4.78 is 14.0. The Kier molecular flexibility index (Phi) is 6.10. The van der Waals surface area contributed by atoms with Gasteiger partial charge < -0.3 is 15.5 Å². The van der Waals surface area contributed by atoms with Crippen LogP contribution in [0.1, 0.15) is 36.5 Å². The number of hydrogen-bond acceptors (Lipinski definition) is 3. The van der Waals surface area contributed by atoms with Crippen molar-refractivity contribution in [2.45, 2.75) is 26.2 Å². The van der Waals surface area contributed by atoms with Crippen LogP contribution in [0.3, 0.4) is 0 Å². The summed E-state index contributed by atoms with van der Waals surface area (Å²) in [5, 5.41) is 5.72. The maximum atomic E-state index is 14.0. The molecule has 1 aliphatic rings. The van der Waals surface area contributed by atoms with Gasteiger partial charge in [0.25, 0.3) is 5.91 Å². The molecule has 1 aliphatic heterocycles. The number of hydrogen-bond donors (Lipinski definition) is 2. The molecule has 0 saturated carbocycles. The van der Waals surface area contributed by atoms with E-state index in [4.69, 9.17) is 0 Å². The molecule has 1 aromatic carbocycles. The largest absolute Gasteiger partial charge is 0.339 e. The second-order valence-corrected chi connectivity index (χ2v) is 6.00. The van der Waals surface area contributed by atoms with Crippen LogP contribution in [-0.2, 0) is 4.79 Å². The van der Waals surface area contributed by atoms with Gasteiger partial charge >= 0.3 is 0 Å². The Morgan fingerprint density at radius 2 is 2.00 bits per heavy atom. The highest BCUT2D eigenvalue weighted by Gasteiger charge is 2.25. The quantitative estimate of drug-likeness (QED) is 0.874. The Morgan fingerprint density at radius 1 is 1.30 bits per heavy atom. The summed E-state index contributed by atoms with van der Waals surface area (Å²) in [5.74, 6) is -0.495. The van der Waals surface area contributed by atoms with E-state index in [2.05, 4.69) is 10.6 Å². The average molecular weight is 321 g/mol. The van der Waals surface area contributed by atoms with E-state index in [1.807, 2.05) is 7.05 Å². The molecule has 2 N–H and O–H groups in total. The van der Waals surface area contributed by atoms with Gasteiger partial charge in [-0.2, -0.15) is 0 Å². The molecule has 1 saturated heterocycles. The lowest BCUT2D eigenvalue weighted by Crippen LogP contribution is -2.39. The number of anilines is 1. The first-order chi connectivity index (χ1) is 11.0. The van der Waals surface area contributed by atoms with Gasteiger partial charge in [0.1, 0.15) is 5.82 Å². The zero-order valence-electron chi connectivity index (χ0n) is 13.7. The summed E-state index contributed by atoms with van der Waals surface area (Å²) in [6.45, 7) is 3.65. The van der Waals surface area contributed by atoms with Gasteiger partial charge in [-0.15, -0.1) is 0 Å². The molecule has 0 unspecified atom stereocenters. The van der Waals surface area contributed by atoms with E-state index in [1.165, 1.54) is 25.1 Å². The molecular formula is C17H24FN3O2. The van der Waals surface area contributed by atoms with E-state index in [0.29, 0.717) is 24.7 Å². The minimum Gasteiger partial charge on any atom is -0.339 e. The Bertz CT molecular complexity index is 569. The van der Waals surface area contributed by atoms with Crippen LogP contribution < -0.4 is 10.6 Å². The first kappa shape index (κ1) is 17.4. The maximum absolute atomic E-state index is 14.0. The van der Waals surface area contributed by atoms with Crippen LogP contribution in [0, 0.1) is 11.7 Å². The van der Waals surface area contributed by atoms with Gasteiger partial charge in [-0.25, -0.2) is 4.39 Å². The van der Waals surface area contributed by atoms with Crippen LogP contribution in [0.5, 0.6) is 0 Å². The molecule has 1 heterocycles. The number of benzene rings is 1. The van der Waals surface area contributed by atoms with Gasteiger partial charge in [0.05, 0.1) is 5.56 Å². The fourth-order valence-electron chi connectivity index (χ4n) is 2.91. The number of carbonyl (C=O) groups excluding carboxylic acids is 2. The van der Waals surface area contributed by atoms with Gasteiger partial charge in [-0.1, -0.05) is 0 Å². The van der Waals surface area contributed by atoms with E-state index < -0.39 is 5.82 Å². The Hall–Kier alpha value is -1.95. The highest BCUT2D eigenvalue weighted by atomic mass is 19.1. The number of halogens is 1. The number of nitrogens with one attached hydrogen (secondary N) is 2. The van der Waals surface area contributed by atoms with Crippen LogP contribution in [-0.4, -0.2) is 43.4 Å². The number of rotatable bonds is 5. The summed E-state index contributed by atoms with van der Waals surface area (Å²) in [5.41, 5.74) is 0.455. The predicted molar refractivity (Wildman–Crippen MR) is 87.9 cm³/mol. The van der Waals surface area contributed by atoms with Crippen LogP contribution in [0.15, 0.2) is 18.2 Å². The highest BCUT2D eigenvalue weighted by molar-refractivity contribution is 5.97. The Balaban J connectivity index is 2.02. The lowest BCUT2D eigenvalue weighted by atomic mass is 9.93. The molecule has 0 radical (unpaired) electrons. The zero-order chi connectivity index (χ0) is 16.8. The molecule has 0 spiro atoms. The molecule has 0 atom stereocenters. The van der Waals surface area contributed by atoms with Crippen molar-refractivity contribution in [2.75, 3.05) is 32.0 Å². The van der Waals surface area contributed by atoms with Gasteiger partial charge in [0.2, 0.25) is 5.91 Å². The third-order valence-corrected chi connectivity index (χ3v) is 4.22. The lowest BCUT2D eigenvalue weighted by Gasteiger charge is -2.32. The van der Waals surface area contributed by atoms with Gasteiger partial charge in [0.15, 0.2) is 0 Å². The SMILES string of the molecule is CNCCC1CCN(C(=O)c2cc(NC(C)=O)ccc2F)CC1. The molecule has 5 nitrogen and oxygen atoms in total. The van der Waals surface area contributed by atoms with E-state index >= 15 is 0 Å². The van der Waals surface area contributed by atoms with E-state index in [0.717, 1.165) is 25.8 Å². The van der Waals surface area contributed by atoms with Gasteiger partial charge in [-0.05, 0) is 57.0 Å². The first-order valence-electron chi connectivity index (χ1n) is 8.02. The summed E-state index contributed by atoms with van der Waals surface area (Å²) in [4.78, 5) is 25.3. The number of likely N-dealkylation sites (tertiary alicyclic amines) is 1. The normalized spacial score (nSPS) is 15.5. The molecule has 126 valence electrons. The van der Waals surface area contributed by atoms with Crippen LogP contribution in [0.4, 0.5) is 10.1 Å². The van der Waals surface area contributed by atoms with Crippen molar-refractivity contribution in [1.82, 2.24) is 10.2 Å². The predicted octanol–water partition coefficient (Wildman–Crippen LogP) is 2.25. The lowest BCUT2D eigenvalue weighted by molar-refractivity contribution is -0.114. The highest BCUT2D eigenvalue weighted by Crippen LogP contribution is 2.23. The topological polar surface area (TPSA) is 61.4 Å². The summed E-state index contributed by atoms with van der Waals surface area (Å²) in [7, 11) is 1.93. The number of nitrogens with zero attached hydrogens (tertiary/aromatic N) is 1. The van der Waals surface area contributed by atoms with Crippen molar-refractivity contribution >= 4 is 17.5 Å². The van der Waals surface area contributed by atoms with E-state index in [-0.39, 0.29) is 17.4 Å². The van der Waals surface area contributed by atoms with Crippen LogP contribution >= 0.6 is 0 Å². The number of piperidine rings is 1. The minimum absolute atomic E-state index is 0.0184. The molecule has 2 amide bonds. The first-order valence-corrected chi connectivity index (χ1v) is 8.02. The van der Waals surface area contributed by atoms with E-state index in [9.17, 15) is 14.0 Å². The summed E-state index contributed by atoms with van der Waals surface area (Å²) in [6.07, 6.45) is 2.99. The molecule has 1 aromatic rings. The number of amides is 2.